The number of aliphatic imine (C=N–C) groups is 2. The third-order valence-corrected chi connectivity index (χ3v) is 4.21. The van der Waals surface area contributed by atoms with Crippen LogP contribution in [0.3, 0.4) is 0 Å². The molecule has 144 valence electrons. The lowest BCUT2D eigenvalue weighted by Crippen LogP contribution is -2.36. The van der Waals surface area contributed by atoms with Crippen molar-refractivity contribution in [3.63, 3.8) is 0 Å². The van der Waals surface area contributed by atoms with Crippen molar-refractivity contribution in [1.82, 2.24) is 14.9 Å². The number of aromatic amines is 1. The van der Waals surface area contributed by atoms with Crippen LogP contribution in [-0.2, 0) is 14.3 Å². The first-order valence-electron chi connectivity index (χ1n) is 8.58. The van der Waals surface area contributed by atoms with Gasteiger partial charge in [0.1, 0.15) is 23.8 Å². The number of amides is 1. The molecule has 0 bridgehead atoms. The van der Waals surface area contributed by atoms with Gasteiger partial charge in [-0.2, -0.15) is 0 Å². The zero-order valence-electron chi connectivity index (χ0n) is 15.7. The number of carbonyl (C=O) groups excluding carboxylic acids is 1. The number of aromatic nitrogens is 2. The number of H-pyrrole nitrogens is 1. The normalized spacial score (nSPS) is 14.9. The van der Waals surface area contributed by atoms with E-state index in [9.17, 15) is 4.79 Å². The molecule has 2 aromatic heterocycles. The number of carbonyl (C=O) groups is 1. The van der Waals surface area contributed by atoms with E-state index in [1.165, 1.54) is 0 Å². The number of methoxy groups -OCH3 is 3. The van der Waals surface area contributed by atoms with Gasteiger partial charge in [0, 0.05) is 27.0 Å². The van der Waals surface area contributed by atoms with Crippen LogP contribution < -0.4 is 4.74 Å². The molecule has 1 aliphatic rings. The number of rotatable bonds is 9. The number of hydrogen-bond acceptors (Lipinski definition) is 7. The Morgan fingerprint density at radius 1 is 1.30 bits per heavy atom. The number of hydrogen-bond donors (Lipinski definition) is 1. The Balaban J connectivity index is 1.95. The van der Waals surface area contributed by atoms with Crippen LogP contribution >= 0.6 is 0 Å². The van der Waals surface area contributed by atoms with Gasteiger partial charge in [0.15, 0.2) is 5.71 Å². The first kappa shape index (κ1) is 19.0. The fourth-order valence-electron chi connectivity index (χ4n) is 2.83. The van der Waals surface area contributed by atoms with Gasteiger partial charge in [0.2, 0.25) is 0 Å². The van der Waals surface area contributed by atoms with Gasteiger partial charge in [-0.3, -0.25) is 14.8 Å². The average molecular weight is 373 g/mol. The summed E-state index contributed by atoms with van der Waals surface area (Å²) in [6.45, 7) is 2.09. The minimum Gasteiger partial charge on any atom is -0.496 e. The first-order chi connectivity index (χ1) is 13.2. The largest absolute Gasteiger partial charge is 0.496 e. The molecule has 0 radical (unpaired) electrons. The van der Waals surface area contributed by atoms with Crippen LogP contribution in [0.4, 0.5) is 0 Å². The van der Waals surface area contributed by atoms with E-state index in [-0.39, 0.29) is 5.91 Å². The highest BCUT2D eigenvalue weighted by Gasteiger charge is 2.30. The van der Waals surface area contributed by atoms with Gasteiger partial charge < -0.3 is 24.1 Å². The van der Waals surface area contributed by atoms with Crippen molar-refractivity contribution in [2.75, 3.05) is 54.3 Å². The highest BCUT2D eigenvalue weighted by atomic mass is 16.5. The Kier molecular flexibility index (Phi) is 6.15. The number of nitrogens with zero attached hydrogens (tertiary/aromatic N) is 4. The number of fused-ring (bicyclic) bond motifs is 1. The molecule has 3 rings (SSSR count). The minimum absolute atomic E-state index is 0.165. The number of nitrogens with one attached hydrogen (secondary N) is 1. The summed E-state index contributed by atoms with van der Waals surface area (Å²) < 4.78 is 15.5. The minimum atomic E-state index is -0.165. The predicted molar refractivity (Wildman–Crippen MR) is 102 cm³/mol. The SMILES string of the molecule is COCCN=C(C1=NCN(CCOC)C1=O)c1cc2c(OC)ccnc2[nH]1. The molecule has 0 fully saturated rings. The summed E-state index contributed by atoms with van der Waals surface area (Å²) >= 11 is 0. The van der Waals surface area contributed by atoms with Crippen molar-refractivity contribution in [3.05, 3.63) is 24.0 Å². The van der Waals surface area contributed by atoms with E-state index in [0.717, 1.165) is 5.39 Å². The van der Waals surface area contributed by atoms with Gasteiger partial charge in [-0.15, -0.1) is 0 Å². The van der Waals surface area contributed by atoms with Crippen LogP contribution in [0.5, 0.6) is 5.75 Å². The second-order valence-corrected chi connectivity index (χ2v) is 5.89. The Labute approximate surface area is 157 Å². The highest BCUT2D eigenvalue weighted by Crippen LogP contribution is 2.25. The molecule has 9 heteroatoms. The van der Waals surface area contributed by atoms with Gasteiger partial charge in [0.05, 0.1) is 37.9 Å². The maximum Gasteiger partial charge on any atom is 0.275 e. The zero-order valence-corrected chi connectivity index (χ0v) is 15.7. The molecule has 27 heavy (non-hydrogen) atoms. The Bertz CT molecular complexity index is 874. The second-order valence-electron chi connectivity index (χ2n) is 5.89. The van der Waals surface area contributed by atoms with E-state index in [0.29, 0.717) is 61.5 Å². The lowest BCUT2D eigenvalue weighted by Gasteiger charge is -2.14. The van der Waals surface area contributed by atoms with E-state index in [1.54, 1.807) is 38.5 Å². The summed E-state index contributed by atoms with van der Waals surface area (Å²) in [5.41, 5.74) is 2.15. The monoisotopic (exact) mass is 373 g/mol. The molecule has 1 N–H and O–H groups in total. The molecular weight excluding hydrogens is 350 g/mol. The number of pyridine rings is 1. The van der Waals surface area contributed by atoms with Gasteiger partial charge in [-0.25, -0.2) is 4.98 Å². The van der Waals surface area contributed by atoms with Gasteiger partial charge in [0.25, 0.3) is 5.91 Å². The molecule has 9 nitrogen and oxygen atoms in total. The summed E-state index contributed by atoms with van der Waals surface area (Å²) in [7, 11) is 4.82. The Morgan fingerprint density at radius 2 is 2.11 bits per heavy atom. The van der Waals surface area contributed by atoms with Crippen LogP contribution in [-0.4, -0.2) is 86.5 Å². The van der Waals surface area contributed by atoms with E-state index in [4.69, 9.17) is 14.2 Å². The molecule has 0 unspecified atom stereocenters. The van der Waals surface area contributed by atoms with Crippen LogP contribution in [0.1, 0.15) is 5.69 Å². The molecule has 0 spiro atoms. The summed E-state index contributed by atoms with van der Waals surface area (Å²) in [6, 6.07) is 3.66. The lowest BCUT2D eigenvalue weighted by atomic mass is 10.1. The molecule has 0 saturated heterocycles. The molecule has 0 aliphatic carbocycles. The average Bonchev–Trinajstić information content (AvgIpc) is 3.27. The van der Waals surface area contributed by atoms with E-state index in [2.05, 4.69) is 20.0 Å². The summed E-state index contributed by atoms with van der Waals surface area (Å²) in [5.74, 6) is 0.530. The molecule has 0 atom stereocenters. The van der Waals surface area contributed by atoms with Crippen molar-refractivity contribution < 1.29 is 19.0 Å². The van der Waals surface area contributed by atoms with Gasteiger partial charge >= 0.3 is 0 Å². The van der Waals surface area contributed by atoms with Gasteiger partial charge in [-0.1, -0.05) is 0 Å². The van der Waals surface area contributed by atoms with Crippen LogP contribution in [0.15, 0.2) is 28.3 Å². The maximum absolute atomic E-state index is 12.8. The van der Waals surface area contributed by atoms with Crippen LogP contribution in [0, 0.1) is 0 Å². The summed E-state index contributed by atoms with van der Waals surface area (Å²) in [5, 5.41) is 0.816. The quantitative estimate of drug-likeness (QED) is 0.520. The van der Waals surface area contributed by atoms with Crippen molar-refractivity contribution in [1.29, 1.82) is 0 Å². The van der Waals surface area contributed by atoms with Crippen molar-refractivity contribution >= 4 is 28.4 Å². The fraction of sp³-hybridized carbons (Fsp3) is 0.444. The number of ether oxygens (including phenoxy) is 3. The molecular formula is C18H23N5O4. The molecule has 0 aromatic carbocycles. The predicted octanol–water partition coefficient (Wildman–Crippen LogP) is 0.894. The van der Waals surface area contributed by atoms with Crippen molar-refractivity contribution in [3.8, 4) is 5.75 Å². The third kappa shape index (κ3) is 3.99. The smallest absolute Gasteiger partial charge is 0.275 e. The molecule has 0 saturated carbocycles. The van der Waals surface area contributed by atoms with E-state index >= 15 is 0 Å². The van der Waals surface area contributed by atoms with E-state index in [1.807, 2.05) is 6.07 Å². The Hall–Kier alpha value is -2.78. The Morgan fingerprint density at radius 3 is 2.85 bits per heavy atom. The molecule has 1 aliphatic heterocycles. The summed E-state index contributed by atoms with van der Waals surface area (Å²) in [4.78, 5) is 30.9. The van der Waals surface area contributed by atoms with Gasteiger partial charge in [-0.05, 0) is 12.1 Å². The van der Waals surface area contributed by atoms with Crippen molar-refractivity contribution in [2.24, 2.45) is 9.98 Å². The molecule has 3 heterocycles. The topological polar surface area (TPSA) is 101 Å². The fourth-order valence-corrected chi connectivity index (χ4v) is 2.83. The molecule has 1 amide bonds. The van der Waals surface area contributed by atoms with Crippen molar-refractivity contribution in [2.45, 2.75) is 0 Å². The third-order valence-electron chi connectivity index (χ3n) is 4.21. The van der Waals surface area contributed by atoms with E-state index < -0.39 is 0 Å². The van der Waals surface area contributed by atoms with Crippen LogP contribution in [0.25, 0.3) is 11.0 Å². The summed E-state index contributed by atoms with van der Waals surface area (Å²) in [6.07, 6.45) is 1.66. The first-order valence-corrected chi connectivity index (χ1v) is 8.58. The standard InChI is InChI=1S/C18H23N5O4/c1-25-8-6-19-15(16-18(24)23(11-21-16)7-9-26-2)13-10-12-14(27-3)4-5-20-17(12)22-13/h4-5,10H,6-9,11H2,1-3H3,(H,20,22). The maximum atomic E-state index is 12.8. The van der Waals surface area contributed by atoms with Crippen LogP contribution in [0.2, 0.25) is 0 Å². The molecule has 2 aromatic rings. The zero-order chi connectivity index (χ0) is 19.2. The second kappa shape index (κ2) is 8.74. The lowest BCUT2D eigenvalue weighted by molar-refractivity contribution is -0.123. The highest BCUT2D eigenvalue weighted by molar-refractivity contribution is 6.70.